The number of fused-ring (bicyclic) bond motifs is 1. The van der Waals surface area contributed by atoms with E-state index in [1.807, 2.05) is 0 Å². The minimum Gasteiger partial charge on any atom is -0.338 e. The summed E-state index contributed by atoms with van der Waals surface area (Å²) < 4.78 is 5.04. The Kier molecular flexibility index (Phi) is 4.66. The number of carbonyl (C=O) groups excluding carboxylic acids is 3. The number of hydrogen-bond acceptors (Lipinski definition) is 8. The van der Waals surface area contributed by atoms with Crippen LogP contribution in [0, 0.1) is 6.92 Å². The van der Waals surface area contributed by atoms with E-state index in [-0.39, 0.29) is 16.7 Å². The molecule has 28 heavy (non-hydrogen) atoms. The van der Waals surface area contributed by atoms with Crippen molar-refractivity contribution in [1.82, 2.24) is 15.2 Å². The predicted molar refractivity (Wildman–Crippen MR) is 97.4 cm³/mol. The number of thioether (sulfide) groups is 1. The lowest BCUT2D eigenvalue weighted by Gasteiger charge is -2.12. The van der Waals surface area contributed by atoms with Crippen molar-refractivity contribution in [1.29, 1.82) is 0 Å². The van der Waals surface area contributed by atoms with Gasteiger partial charge in [-0.2, -0.15) is 4.98 Å². The van der Waals surface area contributed by atoms with E-state index >= 15 is 0 Å². The van der Waals surface area contributed by atoms with Gasteiger partial charge in [-0.1, -0.05) is 22.4 Å². The zero-order valence-electron chi connectivity index (χ0n) is 14.6. The fourth-order valence-electron chi connectivity index (χ4n) is 2.62. The Balaban J connectivity index is 1.40. The highest BCUT2D eigenvalue weighted by Crippen LogP contribution is 2.25. The Morgan fingerprint density at radius 1 is 1.07 bits per heavy atom. The quantitative estimate of drug-likeness (QED) is 0.480. The molecule has 0 N–H and O–H groups in total. The van der Waals surface area contributed by atoms with E-state index in [4.69, 9.17) is 9.36 Å². The average molecular weight is 395 g/mol. The molecule has 1 aliphatic heterocycles. The van der Waals surface area contributed by atoms with Gasteiger partial charge in [-0.3, -0.25) is 9.59 Å². The Morgan fingerprint density at radius 3 is 2.29 bits per heavy atom. The molecule has 8 nitrogen and oxygen atoms in total. The summed E-state index contributed by atoms with van der Waals surface area (Å²) in [6.45, 7) is 1.74. The summed E-state index contributed by atoms with van der Waals surface area (Å²) in [4.78, 5) is 46.9. The molecular weight excluding hydrogens is 382 g/mol. The average Bonchev–Trinajstić information content (AvgIpc) is 3.24. The maximum absolute atomic E-state index is 12.3. The molecule has 0 saturated heterocycles. The van der Waals surface area contributed by atoms with E-state index in [0.29, 0.717) is 22.5 Å². The molecule has 140 valence electrons. The first kappa shape index (κ1) is 17.9. The first-order valence-electron chi connectivity index (χ1n) is 8.25. The number of benzene rings is 2. The van der Waals surface area contributed by atoms with Gasteiger partial charge < -0.3 is 9.36 Å². The highest BCUT2D eigenvalue weighted by atomic mass is 32.2. The molecule has 1 aliphatic rings. The molecule has 3 aromatic rings. The van der Waals surface area contributed by atoms with Crippen LogP contribution >= 0.6 is 11.8 Å². The molecule has 4 rings (SSSR count). The van der Waals surface area contributed by atoms with Crippen LogP contribution in [-0.4, -0.2) is 33.0 Å². The number of hydroxylamine groups is 2. The third-order valence-electron chi connectivity index (χ3n) is 3.95. The van der Waals surface area contributed by atoms with E-state index in [9.17, 15) is 14.4 Å². The maximum Gasteiger partial charge on any atom is 0.363 e. The molecule has 0 aliphatic carbocycles. The summed E-state index contributed by atoms with van der Waals surface area (Å²) in [5, 5.41) is 4.22. The van der Waals surface area contributed by atoms with Crippen molar-refractivity contribution >= 4 is 29.5 Å². The fourth-order valence-corrected chi connectivity index (χ4v) is 3.35. The van der Waals surface area contributed by atoms with Crippen molar-refractivity contribution in [3.8, 4) is 0 Å². The number of imide groups is 1. The van der Waals surface area contributed by atoms with Crippen LogP contribution in [0.4, 0.5) is 0 Å². The lowest BCUT2D eigenvalue weighted by molar-refractivity contribution is -0.0584. The van der Waals surface area contributed by atoms with Gasteiger partial charge in [0.05, 0.1) is 22.4 Å². The van der Waals surface area contributed by atoms with Gasteiger partial charge in [-0.15, -0.1) is 11.8 Å². The number of aryl methyl sites for hydroxylation is 1. The largest absolute Gasteiger partial charge is 0.363 e. The van der Waals surface area contributed by atoms with Crippen molar-refractivity contribution in [3.63, 3.8) is 0 Å². The van der Waals surface area contributed by atoms with Gasteiger partial charge in [0, 0.05) is 4.90 Å². The second kappa shape index (κ2) is 7.28. The third-order valence-corrected chi connectivity index (χ3v) is 4.95. The summed E-state index contributed by atoms with van der Waals surface area (Å²) in [7, 11) is 0. The molecule has 0 unspecified atom stereocenters. The first-order chi connectivity index (χ1) is 13.5. The van der Waals surface area contributed by atoms with Gasteiger partial charge in [0.15, 0.2) is 5.82 Å². The SMILES string of the molecule is Cc1noc(CSc2ccc(C(=O)ON3C(=O)c4ccccc4C3=O)cc2)n1. The highest BCUT2D eigenvalue weighted by Gasteiger charge is 2.38. The summed E-state index contributed by atoms with van der Waals surface area (Å²) in [6, 6.07) is 12.9. The van der Waals surface area contributed by atoms with Crippen molar-refractivity contribution in [2.45, 2.75) is 17.6 Å². The second-order valence-electron chi connectivity index (χ2n) is 5.88. The molecule has 2 aromatic carbocycles. The number of aromatic nitrogens is 2. The Morgan fingerprint density at radius 2 is 1.71 bits per heavy atom. The van der Waals surface area contributed by atoms with E-state index in [2.05, 4.69) is 10.1 Å². The number of carbonyl (C=O) groups is 3. The molecule has 2 heterocycles. The van der Waals surface area contributed by atoms with Crippen molar-refractivity contribution < 1.29 is 23.7 Å². The number of nitrogens with zero attached hydrogens (tertiary/aromatic N) is 3. The first-order valence-corrected chi connectivity index (χ1v) is 9.23. The Bertz CT molecular complexity index is 1040. The van der Waals surface area contributed by atoms with E-state index in [1.165, 1.54) is 23.9 Å². The van der Waals surface area contributed by atoms with Crippen LogP contribution in [0.25, 0.3) is 0 Å². The second-order valence-corrected chi connectivity index (χ2v) is 6.93. The number of hydrogen-bond donors (Lipinski definition) is 0. The van der Waals surface area contributed by atoms with Crippen LogP contribution in [0.1, 0.15) is 42.8 Å². The molecule has 1 aromatic heterocycles. The van der Waals surface area contributed by atoms with Crippen LogP contribution in [-0.2, 0) is 10.6 Å². The van der Waals surface area contributed by atoms with Gasteiger partial charge in [0.25, 0.3) is 11.8 Å². The minimum absolute atomic E-state index is 0.211. The lowest BCUT2D eigenvalue weighted by atomic mass is 10.1. The molecule has 0 saturated carbocycles. The monoisotopic (exact) mass is 395 g/mol. The normalized spacial score (nSPS) is 13.0. The molecule has 0 bridgehead atoms. The maximum atomic E-state index is 12.3. The van der Waals surface area contributed by atoms with Gasteiger partial charge in [0.1, 0.15) is 0 Å². The zero-order valence-corrected chi connectivity index (χ0v) is 15.4. The Labute approximate surface area is 163 Å². The van der Waals surface area contributed by atoms with Crippen LogP contribution in [0.5, 0.6) is 0 Å². The van der Waals surface area contributed by atoms with Crippen LogP contribution in [0.3, 0.4) is 0 Å². The van der Waals surface area contributed by atoms with Crippen molar-refractivity contribution in [2.24, 2.45) is 0 Å². The fraction of sp³-hybridized carbons (Fsp3) is 0.105. The van der Waals surface area contributed by atoms with Crippen LogP contribution in [0.2, 0.25) is 0 Å². The van der Waals surface area contributed by atoms with E-state index < -0.39 is 17.8 Å². The van der Waals surface area contributed by atoms with Crippen molar-refractivity contribution in [2.75, 3.05) is 0 Å². The van der Waals surface area contributed by atoms with Crippen LogP contribution < -0.4 is 0 Å². The topological polar surface area (TPSA) is 103 Å². The van der Waals surface area contributed by atoms with Crippen LogP contribution in [0.15, 0.2) is 57.9 Å². The Hall–Kier alpha value is -3.46. The predicted octanol–water partition coefficient (Wildman–Crippen LogP) is 3.04. The van der Waals surface area contributed by atoms with Crippen molar-refractivity contribution in [3.05, 3.63) is 76.9 Å². The lowest BCUT2D eigenvalue weighted by Crippen LogP contribution is -2.32. The molecule has 9 heteroatoms. The highest BCUT2D eigenvalue weighted by molar-refractivity contribution is 7.98. The van der Waals surface area contributed by atoms with E-state index in [0.717, 1.165) is 4.90 Å². The summed E-state index contributed by atoms with van der Waals surface area (Å²) in [5.41, 5.74) is 0.640. The van der Waals surface area contributed by atoms with Gasteiger partial charge >= 0.3 is 5.97 Å². The van der Waals surface area contributed by atoms with Gasteiger partial charge in [-0.25, -0.2) is 4.79 Å². The minimum atomic E-state index is -0.793. The molecule has 0 radical (unpaired) electrons. The van der Waals surface area contributed by atoms with Gasteiger partial charge in [-0.05, 0) is 43.3 Å². The molecular formula is C19H13N3O5S. The molecule has 0 fully saturated rings. The number of rotatable bonds is 5. The smallest absolute Gasteiger partial charge is 0.338 e. The molecule has 0 atom stereocenters. The van der Waals surface area contributed by atoms with Gasteiger partial charge in [0.2, 0.25) is 5.89 Å². The third kappa shape index (κ3) is 3.39. The standard InChI is InChI=1S/C19H13N3O5S/c1-11-20-16(26-21-11)10-28-13-8-6-12(7-9-13)19(25)27-22-17(23)14-4-2-3-5-15(14)18(22)24/h2-9H,10H2,1H3. The summed E-state index contributed by atoms with van der Waals surface area (Å²) in [5.74, 6) is -0.524. The molecule has 2 amide bonds. The summed E-state index contributed by atoms with van der Waals surface area (Å²) >= 11 is 1.47. The molecule has 0 spiro atoms. The summed E-state index contributed by atoms with van der Waals surface area (Å²) in [6.07, 6.45) is 0. The number of amides is 2. The zero-order chi connectivity index (χ0) is 19.7. The van der Waals surface area contributed by atoms with E-state index in [1.54, 1.807) is 43.3 Å².